The van der Waals surface area contributed by atoms with Gasteiger partial charge in [-0.15, -0.1) is 0 Å². The van der Waals surface area contributed by atoms with E-state index in [9.17, 15) is 9.90 Å². The highest BCUT2D eigenvalue weighted by Gasteiger charge is 2.10. The molecule has 3 heteroatoms. The summed E-state index contributed by atoms with van der Waals surface area (Å²) >= 11 is 0. The minimum absolute atomic E-state index is 0.232. The maximum atomic E-state index is 10.9. The Kier molecular flexibility index (Phi) is 6.89. The first-order valence-electron chi connectivity index (χ1n) is 5.10. The van der Waals surface area contributed by atoms with Gasteiger partial charge in [-0.25, -0.2) is 4.79 Å². The lowest BCUT2D eigenvalue weighted by Gasteiger charge is -2.04. The molecular weight excluding hydrogens is 180 g/mol. The minimum Gasteiger partial charge on any atom is -0.502 e. The van der Waals surface area contributed by atoms with Gasteiger partial charge in [-0.05, 0) is 25.3 Å². The van der Waals surface area contributed by atoms with Crippen LogP contribution in [0.3, 0.4) is 0 Å². The summed E-state index contributed by atoms with van der Waals surface area (Å²) in [7, 11) is 1.27. The van der Waals surface area contributed by atoms with Crippen LogP contribution in [0.5, 0.6) is 0 Å². The smallest absolute Gasteiger partial charge is 0.373 e. The van der Waals surface area contributed by atoms with Crippen molar-refractivity contribution in [2.45, 2.75) is 46.0 Å². The second kappa shape index (κ2) is 7.42. The van der Waals surface area contributed by atoms with Crippen LogP contribution in [0.4, 0.5) is 0 Å². The van der Waals surface area contributed by atoms with Crippen LogP contribution in [-0.2, 0) is 9.53 Å². The Morgan fingerprint density at radius 2 is 1.93 bits per heavy atom. The molecule has 82 valence electrons. The zero-order valence-electron chi connectivity index (χ0n) is 9.30. The molecule has 0 atom stereocenters. The predicted octanol–water partition coefficient (Wildman–Crippen LogP) is 2.96. The zero-order chi connectivity index (χ0) is 11.0. The third-order valence-electron chi connectivity index (χ3n) is 2.19. The fourth-order valence-corrected chi connectivity index (χ4v) is 1.21. The number of esters is 1. The molecular formula is C11H20O3. The first kappa shape index (κ1) is 13.0. The Labute approximate surface area is 85.8 Å². The number of carbonyl (C=O) groups excluding carboxylic acids is 1. The average molecular weight is 200 g/mol. The van der Waals surface area contributed by atoms with Crippen LogP contribution in [0.15, 0.2) is 11.3 Å². The molecule has 0 aliphatic heterocycles. The van der Waals surface area contributed by atoms with Crippen molar-refractivity contribution in [3.8, 4) is 0 Å². The van der Waals surface area contributed by atoms with Crippen LogP contribution in [0.1, 0.15) is 46.0 Å². The molecule has 1 N–H and O–H groups in total. The normalized spacial score (nSPS) is 12.2. The maximum Gasteiger partial charge on any atom is 0.373 e. The highest BCUT2D eigenvalue weighted by atomic mass is 16.5. The van der Waals surface area contributed by atoms with E-state index in [-0.39, 0.29) is 5.76 Å². The standard InChI is InChI=1S/C11H20O3/c1-4-5-6-7-8-9(2)10(12)11(13)14-3/h12H,4-8H2,1-3H3. The Hall–Kier alpha value is -0.990. The summed E-state index contributed by atoms with van der Waals surface area (Å²) in [6, 6.07) is 0. The average Bonchev–Trinajstić information content (AvgIpc) is 2.21. The number of methoxy groups -OCH3 is 1. The van der Waals surface area contributed by atoms with Crippen molar-refractivity contribution in [2.24, 2.45) is 0 Å². The van der Waals surface area contributed by atoms with Crippen LogP contribution in [0.2, 0.25) is 0 Å². The number of rotatable bonds is 6. The molecule has 14 heavy (non-hydrogen) atoms. The van der Waals surface area contributed by atoms with Crippen molar-refractivity contribution in [1.82, 2.24) is 0 Å². The van der Waals surface area contributed by atoms with Crippen molar-refractivity contribution in [3.05, 3.63) is 11.3 Å². The number of unbranched alkanes of at least 4 members (excludes halogenated alkanes) is 3. The minimum atomic E-state index is -0.641. The SMILES string of the molecule is CCCCCCC(C)=C(O)C(=O)OC. The molecule has 0 aromatic heterocycles. The van der Waals surface area contributed by atoms with Crippen LogP contribution in [0, 0.1) is 0 Å². The van der Waals surface area contributed by atoms with Gasteiger partial charge in [0, 0.05) is 0 Å². The third kappa shape index (κ3) is 4.90. The van der Waals surface area contributed by atoms with Gasteiger partial charge in [-0.2, -0.15) is 0 Å². The fraction of sp³-hybridized carbons (Fsp3) is 0.727. The highest BCUT2D eigenvalue weighted by molar-refractivity contribution is 5.86. The molecule has 0 amide bonds. The first-order valence-corrected chi connectivity index (χ1v) is 5.10. The number of hydrogen-bond acceptors (Lipinski definition) is 3. The summed E-state index contributed by atoms with van der Waals surface area (Å²) in [6.07, 6.45) is 5.31. The Bertz CT molecular complexity index is 207. The van der Waals surface area contributed by atoms with E-state index in [4.69, 9.17) is 0 Å². The van der Waals surface area contributed by atoms with Gasteiger partial charge in [0.2, 0.25) is 5.76 Å². The van der Waals surface area contributed by atoms with E-state index in [1.807, 2.05) is 0 Å². The van der Waals surface area contributed by atoms with Crippen molar-refractivity contribution in [2.75, 3.05) is 7.11 Å². The predicted molar refractivity (Wildman–Crippen MR) is 56.1 cm³/mol. The lowest BCUT2D eigenvalue weighted by Crippen LogP contribution is -2.06. The molecule has 0 heterocycles. The van der Waals surface area contributed by atoms with E-state index in [0.29, 0.717) is 5.57 Å². The third-order valence-corrected chi connectivity index (χ3v) is 2.19. The molecule has 0 saturated heterocycles. The lowest BCUT2D eigenvalue weighted by atomic mass is 10.1. The Balaban J connectivity index is 3.91. The number of hydrogen-bond donors (Lipinski definition) is 1. The molecule has 0 radical (unpaired) electrons. The molecule has 0 saturated carbocycles. The quantitative estimate of drug-likeness (QED) is 0.310. The van der Waals surface area contributed by atoms with Crippen molar-refractivity contribution in [3.63, 3.8) is 0 Å². The summed E-state index contributed by atoms with van der Waals surface area (Å²) in [6.45, 7) is 3.91. The monoisotopic (exact) mass is 200 g/mol. The molecule has 0 fully saturated rings. The van der Waals surface area contributed by atoms with Crippen LogP contribution in [0.25, 0.3) is 0 Å². The molecule has 0 aromatic rings. The van der Waals surface area contributed by atoms with Crippen LogP contribution < -0.4 is 0 Å². The second-order valence-corrected chi connectivity index (χ2v) is 3.43. The molecule has 3 nitrogen and oxygen atoms in total. The van der Waals surface area contributed by atoms with Gasteiger partial charge in [-0.3, -0.25) is 0 Å². The number of allylic oxidation sites excluding steroid dienone is 1. The molecule has 0 unspecified atom stereocenters. The number of carbonyl (C=O) groups is 1. The zero-order valence-corrected chi connectivity index (χ0v) is 9.30. The van der Waals surface area contributed by atoms with E-state index in [0.717, 1.165) is 19.3 Å². The molecule has 0 aliphatic carbocycles. The first-order chi connectivity index (χ1) is 6.63. The van der Waals surface area contributed by atoms with E-state index < -0.39 is 5.97 Å². The van der Waals surface area contributed by atoms with Gasteiger partial charge in [0.05, 0.1) is 7.11 Å². The number of aliphatic hydroxyl groups is 1. The maximum absolute atomic E-state index is 10.9. The van der Waals surface area contributed by atoms with Gasteiger partial charge in [-0.1, -0.05) is 26.2 Å². The Morgan fingerprint density at radius 1 is 1.29 bits per heavy atom. The van der Waals surface area contributed by atoms with Gasteiger partial charge < -0.3 is 9.84 Å². The van der Waals surface area contributed by atoms with Gasteiger partial charge in [0.1, 0.15) is 0 Å². The largest absolute Gasteiger partial charge is 0.502 e. The Morgan fingerprint density at radius 3 is 2.43 bits per heavy atom. The fourth-order valence-electron chi connectivity index (χ4n) is 1.21. The van der Waals surface area contributed by atoms with E-state index in [1.165, 1.54) is 20.0 Å². The van der Waals surface area contributed by atoms with Gasteiger partial charge in [0.25, 0.3) is 0 Å². The molecule has 0 spiro atoms. The summed E-state index contributed by atoms with van der Waals surface area (Å²) in [4.78, 5) is 10.9. The van der Waals surface area contributed by atoms with E-state index in [1.54, 1.807) is 6.92 Å². The van der Waals surface area contributed by atoms with E-state index >= 15 is 0 Å². The summed E-state index contributed by atoms with van der Waals surface area (Å²) in [5, 5.41) is 9.35. The van der Waals surface area contributed by atoms with Gasteiger partial charge in [0.15, 0.2) is 0 Å². The summed E-state index contributed by atoms with van der Waals surface area (Å²) < 4.78 is 4.41. The van der Waals surface area contributed by atoms with Crippen molar-refractivity contribution >= 4 is 5.97 Å². The van der Waals surface area contributed by atoms with E-state index in [2.05, 4.69) is 11.7 Å². The molecule has 0 aliphatic rings. The molecule has 0 bridgehead atoms. The topological polar surface area (TPSA) is 46.5 Å². The lowest BCUT2D eigenvalue weighted by molar-refractivity contribution is -0.139. The second-order valence-electron chi connectivity index (χ2n) is 3.43. The van der Waals surface area contributed by atoms with Crippen LogP contribution >= 0.6 is 0 Å². The summed E-state index contributed by atoms with van der Waals surface area (Å²) in [5.74, 6) is -0.873. The molecule has 0 rings (SSSR count). The van der Waals surface area contributed by atoms with Crippen molar-refractivity contribution < 1.29 is 14.6 Å². The van der Waals surface area contributed by atoms with Crippen molar-refractivity contribution in [1.29, 1.82) is 0 Å². The number of aliphatic hydroxyl groups excluding tert-OH is 1. The highest BCUT2D eigenvalue weighted by Crippen LogP contribution is 2.12. The van der Waals surface area contributed by atoms with Crippen LogP contribution in [-0.4, -0.2) is 18.2 Å². The number of ether oxygens (including phenoxy) is 1. The van der Waals surface area contributed by atoms with Gasteiger partial charge >= 0.3 is 5.97 Å². The molecule has 0 aromatic carbocycles. The summed E-state index contributed by atoms with van der Waals surface area (Å²) in [5.41, 5.74) is 0.716.